The molecule has 2 bridgehead atoms. The summed E-state index contributed by atoms with van der Waals surface area (Å²) in [6.45, 7) is 1.57. The minimum Gasteiger partial charge on any atom is -0.381 e. The molecule has 0 saturated carbocycles. The predicted molar refractivity (Wildman–Crippen MR) is 93.3 cm³/mol. The zero-order valence-corrected chi connectivity index (χ0v) is 14.5. The highest BCUT2D eigenvalue weighted by Crippen LogP contribution is 2.51. The molecule has 5 nitrogen and oxygen atoms in total. The molecule has 4 atom stereocenters. The second-order valence-corrected chi connectivity index (χ2v) is 8.12. The number of rotatable bonds is 2. The van der Waals surface area contributed by atoms with Gasteiger partial charge < -0.3 is 20.1 Å². The summed E-state index contributed by atoms with van der Waals surface area (Å²) in [4.78, 5) is 12.8. The lowest BCUT2D eigenvalue weighted by atomic mass is 9.74. The fraction of sp³-hybridized carbons (Fsp3) is 0.650. The molecule has 5 rings (SSSR count). The van der Waals surface area contributed by atoms with Gasteiger partial charge in [0.05, 0.1) is 24.3 Å². The smallest absolute Gasteiger partial charge is 0.315 e. The first-order chi connectivity index (χ1) is 12.2. The van der Waals surface area contributed by atoms with Crippen molar-refractivity contribution in [2.24, 2.45) is 5.41 Å². The predicted octanol–water partition coefficient (Wildman–Crippen LogP) is 2.70. The lowest BCUT2D eigenvalue weighted by Gasteiger charge is -2.39. The number of ether oxygens (including phenoxy) is 2. The Morgan fingerprint density at radius 3 is 2.72 bits per heavy atom. The first-order valence-electron chi connectivity index (χ1n) is 9.62. The van der Waals surface area contributed by atoms with Crippen LogP contribution < -0.4 is 10.6 Å². The Kier molecular flexibility index (Phi) is 3.75. The lowest BCUT2D eigenvalue weighted by Crippen LogP contribution is -2.50. The third-order valence-corrected chi connectivity index (χ3v) is 6.71. The molecule has 3 heterocycles. The second-order valence-electron chi connectivity index (χ2n) is 8.12. The zero-order valence-electron chi connectivity index (χ0n) is 14.5. The number of carbonyl (C=O) groups is 1. The molecule has 5 heteroatoms. The number of urea groups is 1. The number of hydrogen-bond acceptors (Lipinski definition) is 3. The van der Waals surface area contributed by atoms with Crippen LogP contribution in [0.2, 0.25) is 0 Å². The standard InChI is InChI=1S/C20H26N2O3/c23-19(21-16-11-14-5-6-17(16)25-14)22-18-15-4-2-1-3-13(15)12-20(18)7-9-24-10-8-20/h1-4,14,16-18H,5-12H2,(H2,21,22,23)/t14-,16+,17+,18?/m0/s1. The van der Waals surface area contributed by atoms with Gasteiger partial charge in [-0.3, -0.25) is 0 Å². The summed E-state index contributed by atoms with van der Waals surface area (Å²) in [7, 11) is 0. The van der Waals surface area contributed by atoms with Gasteiger partial charge in [0.1, 0.15) is 0 Å². The van der Waals surface area contributed by atoms with Gasteiger partial charge in [-0.05, 0) is 49.7 Å². The molecule has 1 aromatic carbocycles. The number of fused-ring (bicyclic) bond motifs is 3. The van der Waals surface area contributed by atoms with Crippen molar-refractivity contribution in [1.29, 1.82) is 0 Å². The van der Waals surface area contributed by atoms with Gasteiger partial charge in [-0.25, -0.2) is 4.79 Å². The quantitative estimate of drug-likeness (QED) is 0.869. The van der Waals surface area contributed by atoms with Crippen LogP contribution in [0.4, 0.5) is 4.79 Å². The summed E-state index contributed by atoms with van der Waals surface area (Å²) in [5, 5.41) is 6.50. The van der Waals surface area contributed by atoms with Gasteiger partial charge in [-0.1, -0.05) is 24.3 Å². The van der Waals surface area contributed by atoms with Crippen LogP contribution in [0.3, 0.4) is 0 Å². The largest absolute Gasteiger partial charge is 0.381 e. The molecule has 2 N–H and O–H groups in total. The van der Waals surface area contributed by atoms with Crippen molar-refractivity contribution in [3.05, 3.63) is 35.4 Å². The van der Waals surface area contributed by atoms with Crippen molar-refractivity contribution in [3.63, 3.8) is 0 Å². The molecule has 1 aliphatic carbocycles. The molecule has 0 radical (unpaired) electrons. The van der Waals surface area contributed by atoms with Crippen molar-refractivity contribution >= 4 is 6.03 Å². The molecular formula is C20H26N2O3. The maximum Gasteiger partial charge on any atom is 0.315 e. The maximum absolute atomic E-state index is 12.8. The van der Waals surface area contributed by atoms with E-state index in [0.29, 0.717) is 6.10 Å². The molecule has 3 saturated heterocycles. The lowest BCUT2D eigenvalue weighted by molar-refractivity contribution is 0.00202. The third kappa shape index (κ3) is 2.64. The Hall–Kier alpha value is -1.59. The maximum atomic E-state index is 12.8. The number of carbonyl (C=O) groups excluding carboxylic acids is 1. The first kappa shape index (κ1) is 15.6. The van der Waals surface area contributed by atoms with Gasteiger partial charge in [0, 0.05) is 18.6 Å². The summed E-state index contributed by atoms with van der Waals surface area (Å²) in [5.74, 6) is 0. The van der Waals surface area contributed by atoms with Gasteiger partial charge in [0.2, 0.25) is 0 Å². The summed E-state index contributed by atoms with van der Waals surface area (Å²) in [6.07, 6.45) is 6.78. The molecule has 1 spiro atoms. The average molecular weight is 342 g/mol. The molecule has 2 amide bonds. The molecule has 1 unspecified atom stereocenters. The van der Waals surface area contributed by atoms with Crippen molar-refractivity contribution < 1.29 is 14.3 Å². The van der Waals surface area contributed by atoms with Gasteiger partial charge in [0.15, 0.2) is 0 Å². The Bertz CT molecular complexity index is 671. The Morgan fingerprint density at radius 1 is 1.12 bits per heavy atom. The number of benzene rings is 1. The summed E-state index contributed by atoms with van der Waals surface area (Å²) >= 11 is 0. The Morgan fingerprint density at radius 2 is 1.96 bits per heavy atom. The van der Waals surface area contributed by atoms with Crippen molar-refractivity contribution in [1.82, 2.24) is 10.6 Å². The van der Waals surface area contributed by atoms with Crippen LogP contribution in [0.25, 0.3) is 0 Å². The number of nitrogens with one attached hydrogen (secondary N) is 2. The van der Waals surface area contributed by atoms with Crippen LogP contribution in [0, 0.1) is 5.41 Å². The zero-order chi connectivity index (χ0) is 16.9. The van der Waals surface area contributed by atoms with E-state index in [1.807, 2.05) is 0 Å². The van der Waals surface area contributed by atoms with E-state index in [1.165, 1.54) is 11.1 Å². The number of amides is 2. The van der Waals surface area contributed by atoms with E-state index in [0.717, 1.165) is 51.7 Å². The van der Waals surface area contributed by atoms with Crippen LogP contribution in [0.15, 0.2) is 24.3 Å². The SMILES string of the molecule is O=C(NC1c2ccccc2CC12CCOCC2)N[C@@H]1C[C@@H]2CC[C@H]1O2. The van der Waals surface area contributed by atoms with E-state index in [1.54, 1.807) is 0 Å². The number of hydrogen-bond donors (Lipinski definition) is 2. The highest BCUT2D eigenvalue weighted by Gasteiger charge is 2.48. The fourth-order valence-electron chi connectivity index (χ4n) is 5.39. The third-order valence-electron chi connectivity index (χ3n) is 6.71. The van der Waals surface area contributed by atoms with Gasteiger partial charge >= 0.3 is 6.03 Å². The molecule has 3 fully saturated rings. The van der Waals surface area contributed by atoms with Gasteiger partial charge in [-0.2, -0.15) is 0 Å². The Labute approximate surface area is 148 Å². The van der Waals surface area contributed by atoms with Crippen molar-refractivity contribution in [3.8, 4) is 0 Å². The van der Waals surface area contributed by atoms with Crippen LogP contribution in [0.5, 0.6) is 0 Å². The molecule has 3 aliphatic heterocycles. The highest BCUT2D eigenvalue weighted by molar-refractivity contribution is 5.75. The summed E-state index contributed by atoms with van der Waals surface area (Å²) in [6, 6.07) is 8.75. The van der Waals surface area contributed by atoms with E-state index >= 15 is 0 Å². The van der Waals surface area contributed by atoms with Gasteiger partial charge in [-0.15, -0.1) is 0 Å². The minimum atomic E-state index is -0.0475. The van der Waals surface area contributed by atoms with E-state index in [2.05, 4.69) is 34.9 Å². The average Bonchev–Trinajstić information content (AvgIpc) is 3.30. The van der Waals surface area contributed by atoms with E-state index < -0.39 is 0 Å². The molecule has 0 aromatic heterocycles. The molecule has 134 valence electrons. The van der Waals surface area contributed by atoms with Crippen LogP contribution >= 0.6 is 0 Å². The van der Waals surface area contributed by atoms with E-state index in [-0.39, 0.29) is 29.6 Å². The monoisotopic (exact) mass is 342 g/mol. The van der Waals surface area contributed by atoms with Crippen LogP contribution in [-0.2, 0) is 15.9 Å². The van der Waals surface area contributed by atoms with Crippen molar-refractivity contribution in [2.45, 2.75) is 62.8 Å². The van der Waals surface area contributed by atoms with Crippen LogP contribution in [0.1, 0.15) is 49.3 Å². The minimum absolute atomic E-state index is 0.0475. The Balaban J connectivity index is 1.34. The molecular weight excluding hydrogens is 316 g/mol. The summed E-state index contributed by atoms with van der Waals surface area (Å²) in [5.41, 5.74) is 2.76. The topological polar surface area (TPSA) is 59.6 Å². The second kappa shape index (κ2) is 5.99. The van der Waals surface area contributed by atoms with Crippen molar-refractivity contribution in [2.75, 3.05) is 13.2 Å². The highest BCUT2D eigenvalue weighted by atomic mass is 16.5. The van der Waals surface area contributed by atoms with E-state index in [4.69, 9.17) is 9.47 Å². The summed E-state index contributed by atoms with van der Waals surface area (Å²) < 4.78 is 11.5. The molecule has 1 aromatic rings. The van der Waals surface area contributed by atoms with Gasteiger partial charge in [0.25, 0.3) is 0 Å². The normalized spacial score (nSPS) is 34.9. The first-order valence-corrected chi connectivity index (χ1v) is 9.62. The molecule has 4 aliphatic rings. The van der Waals surface area contributed by atoms with E-state index in [9.17, 15) is 4.79 Å². The molecule has 25 heavy (non-hydrogen) atoms. The van der Waals surface area contributed by atoms with Crippen LogP contribution in [-0.4, -0.2) is 37.5 Å². The fourth-order valence-corrected chi connectivity index (χ4v) is 5.39.